The van der Waals surface area contributed by atoms with Crippen LogP contribution in [-0.4, -0.2) is 71.6 Å². The highest BCUT2D eigenvalue weighted by Crippen LogP contribution is 2.76. The number of ketones is 1. The lowest BCUT2D eigenvalue weighted by Crippen LogP contribution is -2.67. The minimum absolute atomic E-state index is 0. The maximum absolute atomic E-state index is 14.0. The van der Waals surface area contributed by atoms with Crippen LogP contribution in [0.25, 0.3) is 0 Å². The first-order valence-electron chi connectivity index (χ1n) is 20.1. The predicted octanol–water partition coefficient (Wildman–Crippen LogP) is 7.95. The van der Waals surface area contributed by atoms with Gasteiger partial charge in [0, 0.05) is 17.9 Å². The summed E-state index contributed by atoms with van der Waals surface area (Å²) in [5.41, 5.74) is 0.306. The highest BCUT2D eigenvalue weighted by Gasteiger charge is 2.70. The molecule has 10 heteroatoms. The van der Waals surface area contributed by atoms with Crippen LogP contribution in [0.2, 0.25) is 0 Å². The van der Waals surface area contributed by atoms with Crippen LogP contribution in [-0.2, 0) is 19.1 Å². The van der Waals surface area contributed by atoms with E-state index in [1.807, 2.05) is 0 Å². The molecule has 0 aromatic heterocycles. The standard InChI is InChI=1S/C42H67N3O6.ClH/c1-25(2)33-28(46)23-42(44-36(50)43-26-15-21-45(10)22-16-26)20-19-40(8)27(34(33)42)11-12-30-39(7)17-14-31(51-32(47)24-37(3,4)35(48)49)38(5,6)29(39)13-18-41(30,40)9;/h25-27,29-31H,11-24H2,1-10H3,(H,48,49)(H2,43,44,50);1H/t27-,29+,30-,31+,39+,40-,41-,42-;/m1./s1. The Morgan fingerprint density at radius 2 is 1.56 bits per heavy atom. The number of hydrogen-bond acceptors (Lipinski definition) is 6. The molecule has 0 bridgehead atoms. The third-order valence-corrected chi connectivity index (χ3v) is 16.2. The number of piperidine rings is 1. The van der Waals surface area contributed by atoms with Gasteiger partial charge in [-0.05, 0) is 149 Å². The first kappa shape index (κ1) is 41.0. The molecule has 0 aromatic rings. The number of Topliss-reactive ketones (excluding diaryl/α,β-unsaturated/α-hetero) is 1. The molecule has 6 aliphatic rings. The van der Waals surface area contributed by atoms with E-state index in [1.54, 1.807) is 13.8 Å². The number of hydrogen-bond donors (Lipinski definition) is 3. The van der Waals surface area contributed by atoms with E-state index >= 15 is 0 Å². The number of nitrogens with zero attached hydrogens (tertiary/aromatic N) is 1. The molecule has 1 saturated heterocycles. The Morgan fingerprint density at radius 1 is 0.904 bits per heavy atom. The van der Waals surface area contributed by atoms with Crippen molar-refractivity contribution in [3.63, 3.8) is 0 Å². The summed E-state index contributed by atoms with van der Waals surface area (Å²) < 4.78 is 6.16. The summed E-state index contributed by atoms with van der Waals surface area (Å²) in [5.74, 6) is 0.00633. The number of aliphatic carboxylic acids is 1. The van der Waals surface area contributed by atoms with Crippen LogP contribution in [0.5, 0.6) is 0 Å². The van der Waals surface area contributed by atoms with Gasteiger partial charge in [0.05, 0.1) is 17.4 Å². The fourth-order valence-corrected chi connectivity index (χ4v) is 13.2. The molecule has 3 N–H and O–H groups in total. The van der Waals surface area contributed by atoms with Crippen LogP contribution < -0.4 is 10.6 Å². The third-order valence-electron chi connectivity index (χ3n) is 16.2. The summed E-state index contributed by atoms with van der Waals surface area (Å²) in [4.78, 5) is 54.8. The number of rotatable bonds is 7. The molecule has 5 fully saturated rings. The Balaban J connectivity index is 0.00000523. The quantitative estimate of drug-likeness (QED) is 0.226. The maximum Gasteiger partial charge on any atom is 0.315 e. The summed E-state index contributed by atoms with van der Waals surface area (Å²) in [7, 11) is 2.13. The zero-order valence-corrected chi connectivity index (χ0v) is 34.5. The monoisotopic (exact) mass is 745 g/mol. The highest BCUT2D eigenvalue weighted by atomic mass is 35.5. The van der Waals surface area contributed by atoms with Gasteiger partial charge < -0.3 is 25.4 Å². The van der Waals surface area contributed by atoms with E-state index < -0.39 is 22.9 Å². The number of carboxylic acids is 1. The van der Waals surface area contributed by atoms with E-state index in [9.17, 15) is 24.3 Å². The molecule has 0 aromatic carbocycles. The fraction of sp³-hybridized carbons (Fsp3) is 0.857. The Bertz CT molecular complexity index is 1480. The summed E-state index contributed by atoms with van der Waals surface area (Å²) >= 11 is 0. The number of amides is 2. The first-order valence-corrected chi connectivity index (χ1v) is 20.1. The SMILES string of the molecule is CC(C)C1=C2[C@H]3CC[C@@H]4[C@@]5(C)CC[C@H](OC(=O)CC(C)(C)C(=O)O)C(C)(C)[C@@H]5CC[C@@]4(C)[C@]3(C)CC[C@@]2(NC(=O)NC2CCN(C)CC2)CC1=O.Cl. The number of carboxylic acid groups (broad SMARTS) is 1. The normalized spacial score (nSPS) is 39.0. The van der Waals surface area contributed by atoms with Crippen molar-refractivity contribution in [2.45, 2.75) is 157 Å². The number of allylic oxidation sites excluding steroid dienone is 1. The van der Waals surface area contributed by atoms with E-state index in [0.29, 0.717) is 18.3 Å². The van der Waals surface area contributed by atoms with Crippen molar-refractivity contribution in [2.24, 2.45) is 50.7 Å². The van der Waals surface area contributed by atoms with Crippen LogP contribution in [0.4, 0.5) is 4.79 Å². The van der Waals surface area contributed by atoms with E-state index in [4.69, 9.17) is 4.74 Å². The molecule has 1 aliphatic heterocycles. The van der Waals surface area contributed by atoms with Crippen LogP contribution in [0.1, 0.15) is 139 Å². The van der Waals surface area contributed by atoms with Gasteiger partial charge in [-0.25, -0.2) is 4.79 Å². The molecule has 1 heterocycles. The Morgan fingerprint density at radius 3 is 2.17 bits per heavy atom. The average molecular weight is 746 g/mol. The summed E-state index contributed by atoms with van der Waals surface area (Å²) in [5, 5.41) is 16.4. The van der Waals surface area contributed by atoms with E-state index in [2.05, 4.69) is 71.0 Å². The molecule has 6 rings (SSSR count). The summed E-state index contributed by atoms with van der Waals surface area (Å²) in [6.07, 6.45) is 9.63. The largest absolute Gasteiger partial charge is 0.481 e. The van der Waals surface area contributed by atoms with Gasteiger partial charge in [0.15, 0.2) is 5.78 Å². The van der Waals surface area contributed by atoms with Gasteiger partial charge in [0.1, 0.15) is 6.10 Å². The average Bonchev–Trinajstić information content (AvgIpc) is 3.31. The molecule has 9 nitrogen and oxygen atoms in total. The van der Waals surface area contributed by atoms with Crippen molar-refractivity contribution in [3.05, 3.63) is 11.1 Å². The number of urea groups is 1. The second-order valence-electron chi connectivity index (χ2n) is 20.2. The molecule has 0 radical (unpaired) electrons. The van der Waals surface area contributed by atoms with Gasteiger partial charge in [0.25, 0.3) is 0 Å². The molecule has 52 heavy (non-hydrogen) atoms. The van der Waals surface area contributed by atoms with E-state index in [1.165, 1.54) is 5.57 Å². The molecule has 0 unspecified atom stereocenters. The number of ether oxygens (including phenoxy) is 1. The minimum atomic E-state index is -1.16. The second kappa shape index (κ2) is 13.9. The van der Waals surface area contributed by atoms with Gasteiger partial charge in [-0.3, -0.25) is 14.4 Å². The van der Waals surface area contributed by atoms with E-state index in [0.717, 1.165) is 82.9 Å². The molecule has 294 valence electrons. The van der Waals surface area contributed by atoms with Crippen LogP contribution in [0, 0.1) is 50.7 Å². The molecule has 4 saturated carbocycles. The predicted molar refractivity (Wildman–Crippen MR) is 205 cm³/mol. The van der Waals surface area contributed by atoms with Crippen LogP contribution in [0.15, 0.2) is 11.1 Å². The van der Waals surface area contributed by atoms with Crippen LogP contribution >= 0.6 is 12.4 Å². The lowest BCUT2D eigenvalue weighted by atomic mass is 9.33. The zero-order valence-electron chi connectivity index (χ0n) is 33.7. The molecule has 5 aliphatic carbocycles. The Labute approximate surface area is 319 Å². The number of likely N-dealkylation sites (tertiary alicyclic amines) is 1. The van der Waals surface area contributed by atoms with Gasteiger partial charge in [-0.2, -0.15) is 0 Å². The van der Waals surface area contributed by atoms with Gasteiger partial charge >= 0.3 is 18.0 Å². The van der Waals surface area contributed by atoms with Crippen molar-refractivity contribution in [3.8, 4) is 0 Å². The minimum Gasteiger partial charge on any atom is -0.481 e. The second-order valence-corrected chi connectivity index (χ2v) is 20.2. The molecular weight excluding hydrogens is 678 g/mol. The Hall–Kier alpha value is -2.13. The van der Waals surface area contributed by atoms with Gasteiger partial charge in [0.2, 0.25) is 0 Å². The van der Waals surface area contributed by atoms with Crippen molar-refractivity contribution in [1.82, 2.24) is 15.5 Å². The van der Waals surface area contributed by atoms with Crippen molar-refractivity contribution < 1.29 is 29.0 Å². The van der Waals surface area contributed by atoms with Crippen LogP contribution in [0.3, 0.4) is 0 Å². The smallest absolute Gasteiger partial charge is 0.315 e. The van der Waals surface area contributed by atoms with Crippen molar-refractivity contribution in [2.75, 3.05) is 20.1 Å². The first-order chi connectivity index (χ1) is 23.6. The van der Waals surface area contributed by atoms with Crippen molar-refractivity contribution in [1.29, 1.82) is 0 Å². The topological polar surface area (TPSA) is 125 Å². The van der Waals surface area contributed by atoms with Crippen molar-refractivity contribution >= 4 is 36.2 Å². The highest BCUT2D eigenvalue weighted by molar-refractivity contribution is 6.02. The summed E-state index contributed by atoms with van der Waals surface area (Å²) in [6, 6.07) is 0.0351. The fourth-order valence-electron chi connectivity index (χ4n) is 13.2. The number of carbonyl (C=O) groups is 4. The maximum atomic E-state index is 14.0. The number of fused-ring (bicyclic) bond motifs is 7. The lowest BCUT2D eigenvalue weighted by Gasteiger charge is -2.72. The molecular formula is C42H68ClN3O6. The van der Waals surface area contributed by atoms with Gasteiger partial charge in [-0.15, -0.1) is 12.4 Å². The number of nitrogens with one attached hydrogen (secondary N) is 2. The zero-order chi connectivity index (χ0) is 37.5. The third kappa shape index (κ3) is 6.43. The molecule has 8 atom stereocenters. The number of carbonyl (C=O) groups excluding carboxylic acids is 3. The molecule has 2 amide bonds. The van der Waals surface area contributed by atoms with E-state index in [-0.39, 0.29) is 76.3 Å². The number of esters is 1. The number of halogens is 1. The summed E-state index contributed by atoms with van der Waals surface area (Å²) in [6.45, 7) is 21.5. The lowest BCUT2D eigenvalue weighted by molar-refractivity contribution is -0.232. The Kier molecular flexibility index (Phi) is 10.9. The molecule has 0 spiro atoms. The van der Waals surface area contributed by atoms with Gasteiger partial charge in [-0.1, -0.05) is 48.5 Å².